The van der Waals surface area contributed by atoms with E-state index in [0.29, 0.717) is 6.42 Å². The van der Waals surface area contributed by atoms with Crippen molar-refractivity contribution in [3.8, 4) is 0 Å². The Kier molecular flexibility index (Phi) is 5.48. The number of amides is 2. The van der Waals surface area contributed by atoms with E-state index in [1.54, 1.807) is 7.11 Å². The molecule has 2 aromatic rings. The Morgan fingerprint density at radius 3 is 2.52 bits per heavy atom. The molecule has 0 fully saturated rings. The standard InChI is InChI=1S/C16H19N3O4/c1-3-16(22-2,12-7-5-4-6-8-12)11-17-14(20)15(21)18-13-9-10-23-19-13/h4-10H,3,11H2,1-2H3,(H,17,20)(H,18,19,21)/t16-/m1/s1. The van der Waals surface area contributed by atoms with Gasteiger partial charge in [0.1, 0.15) is 11.9 Å². The first-order chi connectivity index (χ1) is 11.1. The molecule has 0 aliphatic rings. The van der Waals surface area contributed by atoms with Crippen LogP contribution in [0.5, 0.6) is 0 Å². The highest BCUT2D eigenvalue weighted by Crippen LogP contribution is 2.27. The summed E-state index contributed by atoms with van der Waals surface area (Å²) in [5.74, 6) is -1.39. The Labute approximate surface area is 134 Å². The van der Waals surface area contributed by atoms with Crippen LogP contribution < -0.4 is 10.6 Å². The fourth-order valence-electron chi connectivity index (χ4n) is 2.26. The Morgan fingerprint density at radius 1 is 1.22 bits per heavy atom. The lowest BCUT2D eigenvalue weighted by atomic mass is 9.90. The lowest BCUT2D eigenvalue weighted by Gasteiger charge is -2.32. The van der Waals surface area contributed by atoms with Crippen LogP contribution in [0.25, 0.3) is 0 Å². The quantitative estimate of drug-likeness (QED) is 0.791. The Hall–Kier alpha value is -2.67. The average molecular weight is 317 g/mol. The summed E-state index contributed by atoms with van der Waals surface area (Å²) in [7, 11) is 1.58. The molecule has 7 nitrogen and oxygen atoms in total. The van der Waals surface area contributed by atoms with E-state index in [9.17, 15) is 9.59 Å². The van der Waals surface area contributed by atoms with Crippen molar-refractivity contribution in [2.45, 2.75) is 18.9 Å². The summed E-state index contributed by atoms with van der Waals surface area (Å²) >= 11 is 0. The van der Waals surface area contributed by atoms with Crippen LogP contribution >= 0.6 is 0 Å². The number of hydrogen-bond acceptors (Lipinski definition) is 5. The number of benzene rings is 1. The molecule has 2 N–H and O–H groups in total. The molecule has 1 aromatic heterocycles. The molecule has 2 rings (SSSR count). The summed E-state index contributed by atoms with van der Waals surface area (Å²) in [6.45, 7) is 2.13. The van der Waals surface area contributed by atoms with Gasteiger partial charge in [-0.05, 0) is 12.0 Å². The molecule has 0 aliphatic carbocycles. The Bertz CT molecular complexity index is 637. The van der Waals surface area contributed by atoms with Gasteiger partial charge < -0.3 is 14.6 Å². The summed E-state index contributed by atoms with van der Waals surface area (Å²) in [6.07, 6.45) is 1.94. The van der Waals surface area contributed by atoms with Crippen molar-refractivity contribution < 1.29 is 18.8 Å². The second kappa shape index (κ2) is 7.55. The van der Waals surface area contributed by atoms with Crippen LogP contribution in [0.3, 0.4) is 0 Å². The molecule has 0 spiro atoms. The van der Waals surface area contributed by atoms with Crippen LogP contribution in [-0.2, 0) is 19.9 Å². The van der Waals surface area contributed by atoms with Crippen molar-refractivity contribution in [1.29, 1.82) is 0 Å². The number of methoxy groups -OCH3 is 1. The zero-order chi connectivity index (χ0) is 16.7. The Morgan fingerprint density at radius 2 is 1.96 bits per heavy atom. The lowest BCUT2D eigenvalue weighted by molar-refractivity contribution is -0.137. The first-order valence-electron chi connectivity index (χ1n) is 7.21. The van der Waals surface area contributed by atoms with Gasteiger partial charge in [0.25, 0.3) is 0 Å². The number of rotatable bonds is 6. The van der Waals surface area contributed by atoms with Crippen molar-refractivity contribution in [2.75, 3.05) is 19.0 Å². The summed E-state index contributed by atoms with van der Waals surface area (Å²) < 4.78 is 10.2. The molecule has 1 atom stereocenters. The van der Waals surface area contributed by atoms with E-state index in [0.717, 1.165) is 5.56 Å². The summed E-state index contributed by atoms with van der Waals surface area (Å²) in [5, 5.41) is 8.45. The van der Waals surface area contributed by atoms with Crippen LogP contribution in [0, 0.1) is 0 Å². The van der Waals surface area contributed by atoms with Crippen molar-refractivity contribution in [3.63, 3.8) is 0 Å². The lowest BCUT2D eigenvalue weighted by Crippen LogP contribution is -2.45. The molecule has 1 heterocycles. The first kappa shape index (κ1) is 16.7. The zero-order valence-corrected chi connectivity index (χ0v) is 13.0. The zero-order valence-electron chi connectivity index (χ0n) is 13.0. The van der Waals surface area contributed by atoms with Gasteiger partial charge in [-0.2, -0.15) is 0 Å². The average Bonchev–Trinajstić information content (AvgIpc) is 3.10. The molecule has 2 amide bonds. The third kappa shape index (κ3) is 3.95. The Balaban J connectivity index is 2.01. The van der Waals surface area contributed by atoms with Crippen molar-refractivity contribution >= 4 is 17.6 Å². The summed E-state index contributed by atoms with van der Waals surface area (Å²) in [6, 6.07) is 11.0. The maximum Gasteiger partial charge on any atom is 0.314 e. The van der Waals surface area contributed by atoms with Gasteiger partial charge in [0.2, 0.25) is 0 Å². The molecule has 0 saturated carbocycles. The van der Waals surface area contributed by atoms with Gasteiger partial charge >= 0.3 is 11.8 Å². The second-order valence-corrected chi connectivity index (χ2v) is 4.94. The van der Waals surface area contributed by atoms with Crippen LogP contribution in [-0.4, -0.2) is 30.6 Å². The van der Waals surface area contributed by atoms with E-state index in [1.807, 2.05) is 37.3 Å². The van der Waals surface area contributed by atoms with Crippen LogP contribution in [0.1, 0.15) is 18.9 Å². The van der Waals surface area contributed by atoms with Crippen LogP contribution in [0.4, 0.5) is 5.82 Å². The number of nitrogens with zero attached hydrogens (tertiary/aromatic N) is 1. The van der Waals surface area contributed by atoms with Crippen molar-refractivity contribution in [3.05, 3.63) is 48.2 Å². The van der Waals surface area contributed by atoms with Crippen LogP contribution in [0.15, 0.2) is 47.2 Å². The molecule has 0 bridgehead atoms. The van der Waals surface area contributed by atoms with Gasteiger partial charge in [0.05, 0.1) is 6.54 Å². The predicted octanol–water partition coefficient (Wildman–Crippen LogP) is 1.68. The highest BCUT2D eigenvalue weighted by atomic mass is 16.5. The summed E-state index contributed by atoms with van der Waals surface area (Å²) in [4.78, 5) is 23.7. The number of carbonyl (C=O) groups is 2. The van der Waals surface area contributed by atoms with Gasteiger partial charge in [-0.15, -0.1) is 0 Å². The SMILES string of the molecule is CC[C@](CNC(=O)C(=O)Nc1ccon1)(OC)c1ccccc1. The molecule has 1 aromatic carbocycles. The predicted molar refractivity (Wildman–Crippen MR) is 83.6 cm³/mol. The second-order valence-electron chi connectivity index (χ2n) is 4.94. The number of carbonyl (C=O) groups excluding carboxylic acids is 2. The molecule has 0 aliphatic heterocycles. The number of nitrogens with one attached hydrogen (secondary N) is 2. The molecule has 0 radical (unpaired) electrons. The van der Waals surface area contributed by atoms with Gasteiger partial charge in [-0.1, -0.05) is 42.4 Å². The molecule has 0 unspecified atom stereocenters. The van der Waals surface area contributed by atoms with E-state index in [1.165, 1.54) is 12.3 Å². The molecule has 7 heteroatoms. The highest BCUT2D eigenvalue weighted by molar-refractivity contribution is 6.39. The smallest absolute Gasteiger partial charge is 0.314 e. The van der Waals surface area contributed by atoms with E-state index >= 15 is 0 Å². The molecule has 122 valence electrons. The van der Waals surface area contributed by atoms with Gasteiger partial charge in [0, 0.05) is 13.2 Å². The van der Waals surface area contributed by atoms with Crippen molar-refractivity contribution in [2.24, 2.45) is 0 Å². The fraction of sp³-hybridized carbons (Fsp3) is 0.312. The van der Waals surface area contributed by atoms with E-state index < -0.39 is 17.4 Å². The maximum atomic E-state index is 11.9. The summed E-state index contributed by atoms with van der Waals surface area (Å²) in [5.41, 5.74) is 0.243. The van der Waals surface area contributed by atoms with Gasteiger partial charge in [-0.25, -0.2) is 0 Å². The van der Waals surface area contributed by atoms with Crippen molar-refractivity contribution in [1.82, 2.24) is 10.5 Å². The molecule has 0 saturated heterocycles. The maximum absolute atomic E-state index is 11.9. The third-order valence-electron chi connectivity index (χ3n) is 3.68. The minimum Gasteiger partial charge on any atom is -0.372 e. The van der Waals surface area contributed by atoms with E-state index in [-0.39, 0.29) is 12.4 Å². The number of aromatic nitrogens is 1. The highest BCUT2D eigenvalue weighted by Gasteiger charge is 2.31. The number of anilines is 1. The van der Waals surface area contributed by atoms with E-state index in [4.69, 9.17) is 4.74 Å². The molecule has 23 heavy (non-hydrogen) atoms. The molecular weight excluding hydrogens is 298 g/mol. The number of ether oxygens (including phenoxy) is 1. The third-order valence-corrected chi connectivity index (χ3v) is 3.68. The number of hydrogen-bond donors (Lipinski definition) is 2. The minimum atomic E-state index is -0.812. The topological polar surface area (TPSA) is 93.5 Å². The normalized spacial score (nSPS) is 13.1. The largest absolute Gasteiger partial charge is 0.372 e. The van der Waals surface area contributed by atoms with Gasteiger partial charge in [0.15, 0.2) is 5.82 Å². The van der Waals surface area contributed by atoms with E-state index in [2.05, 4.69) is 20.3 Å². The van der Waals surface area contributed by atoms with Crippen LogP contribution in [0.2, 0.25) is 0 Å². The first-order valence-corrected chi connectivity index (χ1v) is 7.21. The molecular formula is C16H19N3O4. The van der Waals surface area contributed by atoms with Gasteiger partial charge in [-0.3, -0.25) is 14.9 Å². The fourth-order valence-corrected chi connectivity index (χ4v) is 2.26. The minimum absolute atomic E-state index is 0.176. The monoisotopic (exact) mass is 317 g/mol.